The van der Waals surface area contributed by atoms with Crippen LogP contribution < -0.4 is 10.6 Å². The lowest BCUT2D eigenvalue weighted by atomic mass is 10.2. The van der Waals surface area contributed by atoms with Gasteiger partial charge in [0.2, 0.25) is 0 Å². The molecular weight excluding hydrogens is 236 g/mol. The molecule has 0 amide bonds. The molecule has 17 heavy (non-hydrogen) atoms. The van der Waals surface area contributed by atoms with Gasteiger partial charge in [-0.2, -0.15) is 0 Å². The quantitative estimate of drug-likeness (QED) is 0.876. The number of likely N-dealkylation sites (N-methyl/N-ethyl adjacent to an activating group) is 2. The van der Waals surface area contributed by atoms with Gasteiger partial charge in [-0.3, -0.25) is 0 Å². The maximum Gasteiger partial charge on any atom is 0.147 e. The van der Waals surface area contributed by atoms with Crippen molar-refractivity contribution in [2.75, 3.05) is 37.8 Å². The summed E-state index contributed by atoms with van der Waals surface area (Å²) in [6.45, 7) is 6.08. The van der Waals surface area contributed by atoms with E-state index in [1.54, 1.807) is 12.3 Å². The van der Waals surface area contributed by atoms with Gasteiger partial charge in [-0.25, -0.2) is 4.98 Å². The van der Waals surface area contributed by atoms with Gasteiger partial charge in [-0.15, -0.1) is 0 Å². The Balaban J connectivity index is 2.93. The maximum absolute atomic E-state index is 6.19. The number of rotatable bonds is 5. The van der Waals surface area contributed by atoms with Crippen molar-refractivity contribution in [1.82, 2.24) is 9.88 Å². The average Bonchev–Trinajstić information content (AvgIpc) is 2.21. The van der Waals surface area contributed by atoms with Crippen LogP contribution in [0.3, 0.4) is 0 Å². The lowest BCUT2D eigenvalue weighted by Gasteiger charge is -2.31. The minimum Gasteiger partial charge on any atom is -0.397 e. The minimum atomic E-state index is 0.351. The van der Waals surface area contributed by atoms with E-state index < -0.39 is 0 Å². The van der Waals surface area contributed by atoms with E-state index in [-0.39, 0.29) is 0 Å². The van der Waals surface area contributed by atoms with Crippen LogP contribution >= 0.6 is 11.6 Å². The lowest BCUT2D eigenvalue weighted by molar-refractivity contribution is 0.372. The SMILES string of the molecule is CCN(c1ncc(N)cc1Cl)C(C)CN(C)C. The van der Waals surface area contributed by atoms with Crippen LogP contribution in [0.25, 0.3) is 0 Å². The number of halogens is 1. The van der Waals surface area contributed by atoms with Gasteiger partial charge in [-0.1, -0.05) is 11.6 Å². The summed E-state index contributed by atoms with van der Waals surface area (Å²) in [5, 5.41) is 0.609. The zero-order chi connectivity index (χ0) is 13.0. The van der Waals surface area contributed by atoms with Gasteiger partial charge in [0.1, 0.15) is 5.82 Å². The summed E-state index contributed by atoms with van der Waals surface area (Å²) in [6, 6.07) is 2.10. The Morgan fingerprint density at radius 1 is 1.47 bits per heavy atom. The zero-order valence-electron chi connectivity index (χ0n) is 10.9. The van der Waals surface area contributed by atoms with Gasteiger partial charge in [-0.05, 0) is 34.0 Å². The Bertz CT molecular complexity index is 368. The highest BCUT2D eigenvalue weighted by Crippen LogP contribution is 2.26. The van der Waals surface area contributed by atoms with Crippen molar-refractivity contribution in [1.29, 1.82) is 0 Å². The highest BCUT2D eigenvalue weighted by atomic mass is 35.5. The molecule has 4 nitrogen and oxygen atoms in total. The number of nitrogen functional groups attached to an aromatic ring is 1. The molecule has 0 saturated heterocycles. The normalized spacial score (nSPS) is 12.8. The van der Waals surface area contributed by atoms with Crippen molar-refractivity contribution in [2.24, 2.45) is 0 Å². The third-order valence-electron chi connectivity index (χ3n) is 2.62. The van der Waals surface area contributed by atoms with Crippen LogP contribution in [0.5, 0.6) is 0 Å². The van der Waals surface area contributed by atoms with E-state index in [1.165, 1.54) is 0 Å². The monoisotopic (exact) mass is 256 g/mol. The molecule has 0 aliphatic rings. The van der Waals surface area contributed by atoms with Crippen LogP contribution in [0.4, 0.5) is 11.5 Å². The Labute approximate surface area is 108 Å². The molecule has 0 aliphatic heterocycles. The Morgan fingerprint density at radius 2 is 2.12 bits per heavy atom. The number of hydrogen-bond donors (Lipinski definition) is 1. The van der Waals surface area contributed by atoms with E-state index in [2.05, 4.69) is 42.7 Å². The van der Waals surface area contributed by atoms with Crippen LogP contribution in [0, 0.1) is 0 Å². The standard InChI is InChI=1S/C12H21ClN4/c1-5-17(9(2)8-16(3)4)12-11(13)6-10(14)7-15-12/h6-7,9H,5,8,14H2,1-4H3. The van der Waals surface area contributed by atoms with Crippen molar-refractivity contribution in [3.05, 3.63) is 17.3 Å². The molecule has 0 aliphatic carbocycles. The summed E-state index contributed by atoms with van der Waals surface area (Å²) in [7, 11) is 4.12. The fourth-order valence-electron chi connectivity index (χ4n) is 1.95. The van der Waals surface area contributed by atoms with Crippen molar-refractivity contribution in [3.63, 3.8) is 0 Å². The largest absolute Gasteiger partial charge is 0.397 e. The molecule has 0 aromatic carbocycles. The van der Waals surface area contributed by atoms with Gasteiger partial charge in [0.05, 0.1) is 16.9 Å². The molecule has 5 heteroatoms. The smallest absolute Gasteiger partial charge is 0.147 e. The van der Waals surface area contributed by atoms with Crippen molar-refractivity contribution < 1.29 is 0 Å². The third-order valence-corrected chi connectivity index (χ3v) is 2.90. The molecule has 1 heterocycles. The van der Waals surface area contributed by atoms with E-state index >= 15 is 0 Å². The first-order valence-corrected chi connectivity index (χ1v) is 6.15. The highest BCUT2D eigenvalue weighted by molar-refractivity contribution is 6.33. The van der Waals surface area contributed by atoms with E-state index in [0.29, 0.717) is 16.8 Å². The maximum atomic E-state index is 6.19. The molecular formula is C12H21ClN4. The molecule has 1 aromatic heterocycles. The fourth-order valence-corrected chi connectivity index (χ4v) is 2.24. The van der Waals surface area contributed by atoms with Crippen LogP contribution in [-0.2, 0) is 0 Å². The molecule has 1 rings (SSSR count). The third kappa shape index (κ3) is 3.75. The van der Waals surface area contributed by atoms with Gasteiger partial charge >= 0.3 is 0 Å². The van der Waals surface area contributed by atoms with Crippen molar-refractivity contribution >= 4 is 23.1 Å². The van der Waals surface area contributed by atoms with Crippen LogP contribution in [-0.4, -0.2) is 43.1 Å². The second kappa shape index (κ2) is 6.07. The number of aromatic nitrogens is 1. The molecule has 1 aromatic rings. The first kappa shape index (κ1) is 14.1. The summed E-state index contributed by atoms with van der Waals surface area (Å²) >= 11 is 6.19. The number of nitrogens with two attached hydrogens (primary N) is 1. The molecule has 96 valence electrons. The number of anilines is 2. The van der Waals surface area contributed by atoms with Crippen LogP contribution in [0.2, 0.25) is 5.02 Å². The van der Waals surface area contributed by atoms with E-state index in [0.717, 1.165) is 18.9 Å². The van der Waals surface area contributed by atoms with Crippen molar-refractivity contribution in [2.45, 2.75) is 19.9 Å². The first-order valence-electron chi connectivity index (χ1n) is 5.78. The van der Waals surface area contributed by atoms with E-state index in [1.807, 2.05) is 0 Å². The second-order valence-corrected chi connectivity index (χ2v) is 4.88. The second-order valence-electron chi connectivity index (χ2n) is 4.47. The predicted molar refractivity (Wildman–Crippen MR) is 74.7 cm³/mol. The molecule has 1 unspecified atom stereocenters. The van der Waals surface area contributed by atoms with E-state index in [4.69, 9.17) is 17.3 Å². The molecule has 1 atom stereocenters. The molecule has 2 N–H and O–H groups in total. The Morgan fingerprint density at radius 3 is 2.59 bits per heavy atom. The summed E-state index contributed by atoms with van der Waals surface area (Å²) < 4.78 is 0. The molecule has 0 saturated carbocycles. The summed E-state index contributed by atoms with van der Waals surface area (Å²) in [5.74, 6) is 0.803. The topological polar surface area (TPSA) is 45.4 Å². The lowest BCUT2D eigenvalue weighted by Crippen LogP contribution is -2.40. The predicted octanol–water partition coefficient (Wildman–Crippen LogP) is 2.09. The summed E-state index contributed by atoms with van der Waals surface area (Å²) in [5.41, 5.74) is 6.24. The molecule has 0 radical (unpaired) electrons. The molecule has 0 fully saturated rings. The Hall–Kier alpha value is -1.00. The highest BCUT2D eigenvalue weighted by Gasteiger charge is 2.17. The first-order chi connectivity index (χ1) is 7.95. The van der Waals surface area contributed by atoms with Crippen LogP contribution in [0.15, 0.2) is 12.3 Å². The van der Waals surface area contributed by atoms with Gasteiger partial charge in [0, 0.05) is 19.1 Å². The average molecular weight is 257 g/mol. The number of nitrogens with zero attached hydrogens (tertiary/aromatic N) is 3. The minimum absolute atomic E-state index is 0.351. The van der Waals surface area contributed by atoms with Gasteiger partial charge in [0.25, 0.3) is 0 Å². The van der Waals surface area contributed by atoms with E-state index in [9.17, 15) is 0 Å². The summed E-state index contributed by atoms with van der Waals surface area (Å²) in [6.07, 6.45) is 1.65. The summed E-state index contributed by atoms with van der Waals surface area (Å²) in [4.78, 5) is 8.66. The zero-order valence-corrected chi connectivity index (χ0v) is 11.7. The molecule has 0 bridgehead atoms. The van der Waals surface area contributed by atoms with Crippen molar-refractivity contribution in [3.8, 4) is 0 Å². The van der Waals surface area contributed by atoms with Crippen LogP contribution in [0.1, 0.15) is 13.8 Å². The van der Waals surface area contributed by atoms with Gasteiger partial charge < -0.3 is 15.5 Å². The van der Waals surface area contributed by atoms with Gasteiger partial charge in [0.15, 0.2) is 0 Å². The number of pyridine rings is 1. The molecule has 0 spiro atoms. The number of hydrogen-bond acceptors (Lipinski definition) is 4. The fraction of sp³-hybridized carbons (Fsp3) is 0.583. The Kier molecular flexibility index (Phi) is 5.02.